The number of ether oxygens (including phenoxy) is 1. The van der Waals surface area contributed by atoms with Crippen molar-refractivity contribution in [3.05, 3.63) is 124 Å². The summed E-state index contributed by atoms with van der Waals surface area (Å²) < 4.78 is 34.5. The van der Waals surface area contributed by atoms with Crippen LogP contribution in [0, 0.1) is 11.6 Å². The van der Waals surface area contributed by atoms with Crippen molar-refractivity contribution in [2.24, 2.45) is 0 Å². The number of nitrogens with one attached hydrogen (secondary N) is 3. The summed E-state index contributed by atoms with van der Waals surface area (Å²) in [6.07, 6.45) is 2.70. The van der Waals surface area contributed by atoms with Crippen molar-refractivity contribution in [1.82, 2.24) is 15.3 Å². The molecule has 3 aromatic rings. The predicted molar refractivity (Wildman–Crippen MR) is 150 cm³/mol. The normalized spacial score (nSPS) is 12.1. The van der Waals surface area contributed by atoms with Crippen molar-refractivity contribution in [3.8, 4) is 5.75 Å². The molecule has 2 amide bonds. The van der Waals surface area contributed by atoms with E-state index in [1.165, 1.54) is 23.0 Å². The zero-order chi connectivity index (χ0) is 29.4. The maximum atomic E-state index is 14.1. The van der Waals surface area contributed by atoms with Crippen LogP contribution in [0.5, 0.6) is 5.75 Å². The van der Waals surface area contributed by atoms with Crippen LogP contribution in [0.1, 0.15) is 52.7 Å². The van der Waals surface area contributed by atoms with Crippen LogP contribution in [0.3, 0.4) is 0 Å². The van der Waals surface area contributed by atoms with Gasteiger partial charge in [0.05, 0.1) is 6.04 Å². The molecule has 1 heterocycles. The number of hydrogen-bond donors (Lipinski definition) is 3. The largest absolute Gasteiger partial charge is 0.482 e. The zero-order valence-electron chi connectivity index (χ0n) is 22.6. The van der Waals surface area contributed by atoms with Gasteiger partial charge in [0, 0.05) is 30.4 Å². The van der Waals surface area contributed by atoms with E-state index < -0.39 is 34.9 Å². The van der Waals surface area contributed by atoms with Crippen LogP contribution >= 0.6 is 0 Å². The fraction of sp³-hybridized carbons (Fsp3) is 0.233. The molecule has 1 aromatic heterocycles. The van der Waals surface area contributed by atoms with Crippen LogP contribution in [0.2, 0.25) is 0 Å². The standard InChI is InChI=1S/C30H32F2N4O4/c1-6-19(4)34-30(39)26-28(40-17-21-10-8-7-9-11-21)27(37)24(16-36(26)35-20(5)18(2)3)29(38)33-15-22-12-13-23(31)14-25(22)32/h6-14,16,19-20,35H,1-2,15,17H2,3-5H3,(H,33,38)(H,34,39). The highest BCUT2D eigenvalue weighted by atomic mass is 19.1. The Labute approximate surface area is 231 Å². The lowest BCUT2D eigenvalue weighted by molar-refractivity contribution is 0.0921. The Kier molecular flexibility index (Phi) is 9.97. The predicted octanol–water partition coefficient (Wildman–Crippen LogP) is 4.45. The minimum atomic E-state index is -0.844. The minimum absolute atomic E-state index is 0.0269. The number of carbonyl (C=O) groups is 2. The van der Waals surface area contributed by atoms with Gasteiger partial charge in [-0.1, -0.05) is 54.6 Å². The summed E-state index contributed by atoms with van der Waals surface area (Å²) in [6, 6.07) is 11.1. The summed E-state index contributed by atoms with van der Waals surface area (Å²) in [4.78, 5) is 40.2. The number of halogens is 2. The number of hydrogen-bond acceptors (Lipinski definition) is 5. The Morgan fingerprint density at radius 1 is 1.10 bits per heavy atom. The van der Waals surface area contributed by atoms with Crippen LogP contribution in [0.4, 0.5) is 8.78 Å². The maximum absolute atomic E-state index is 14.1. The molecule has 2 unspecified atom stereocenters. The quantitative estimate of drug-likeness (QED) is 0.290. The molecule has 0 aliphatic rings. The lowest BCUT2D eigenvalue weighted by Crippen LogP contribution is -2.40. The molecule has 3 rings (SSSR count). The van der Waals surface area contributed by atoms with Crippen molar-refractivity contribution in [2.75, 3.05) is 5.43 Å². The number of carbonyl (C=O) groups excluding carboxylic acids is 2. The topological polar surface area (TPSA) is 101 Å². The molecule has 0 spiro atoms. The third-order valence-electron chi connectivity index (χ3n) is 6.09. The van der Waals surface area contributed by atoms with Crippen LogP contribution in [-0.2, 0) is 13.2 Å². The van der Waals surface area contributed by atoms with Crippen LogP contribution in [0.25, 0.3) is 0 Å². The number of benzene rings is 2. The molecule has 8 nitrogen and oxygen atoms in total. The Bertz CT molecular complexity index is 1470. The van der Waals surface area contributed by atoms with E-state index in [1.54, 1.807) is 45.0 Å². The minimum Gasteiger partial charge on any atom is -0.482 e. The van der Waals surface area contributed by atoms with E-state index in [0.717, 1.165) is 11.6 Å². The molecule has 2 aromatic carbocycles. The first-order valence-corrected chi connectivity index (χ1v) is 12.6. The molecule has 0 bridgehead atoms. The monoisotopic (exact) mass is 550 g/mol. The van der Waals surface area contributed by atoms with Gasteiger partial charge >= 0.3 is 0 Å². The fourth-order valence-corrected chi connectivity index (χ4v) is 3.52. The number of nitrogens with zero attached hydrogens (tertiary/aromatic N) is 1. The zero-order valence-corrected chi connectivity index (χ0v) is 22.6. The van der Waals surface area contributed by atoms with Gasteiger partial charge in [-0.3, -0.25) is 19.1 Å². The van der Waals surface area contributed by atoms with Gasteiger partial charge in [0.15, 0.2) is 11.4 Å². The molecule has 210 valence electrons. The lowest BCUT2D eigenvalue weighted by Gasteiger charge is -2.24. The van der Waals surface area contributed by atoms with Gasteiger partial charge in [-0.25, -0.2) is 8.78 Å². The molecule has 0 radical (unpaired) electrons. The average Bonchev–Trinajstić information content (AvgIpc) is 2.92. The maximum Gasteiger partial charge on any atom is 0.274 e. The van der Waals surface area contributed by atoms with E-state index in [9.17, 15) is 23.2 Å². The van der Waals surface area contributed by atoms with Crippen LogP contribution in [-0.4, -0.2) is 28.6 Å². The molecular weight excluding hydrogens is 518 g/mol. The molecular formula is C30H32F2N4O4. The van der Waals surface area contributed by atoms with Crippen LogP contribution in [0.15, 0.2) is 84.3 Å². The molecule has 0 aliphatic carbocycles. The van der Waals surface area contributed by atoms with Crippen molar-refractivity contribution in [2.45, 2.75) is 46.0 Å². The highest BCUT2D eigenvalue weighted by Gasteiger charge is 2.27. The first-order chi connectivity index (χ1) is 19.0. The Morgan fingerprint density at radius 3 is 2.42 bits per heavy atom. The van der Waals surface area contributed by atoms with E-state index in [-0.39, 0.29) is 41.8 Å². The SMILES string of the molecule is C=CC(C)NC(=O)c1c(OCc2ccccc2)c(=O)c(C(=O)NCc2ccc(F)cc2F)cn1NC(C)C(=C)C. The van der Waals surface area contributed by atoms with Crippen LogP contribution < -0.4 is 26.2 Å². The molecule has 10 heteroatoms. The highest BCUT2D eigenvalue weighted by Crippen LogP contribution is 2.19. The number of aromatic nitrogens is 1. The molecule has 0 fully saturated rings. The van der Waals surface area contributed by atoms with Gasteiger partial charge in [-0.2, -0.15) is 0 Å². The number of amides is 2. The van der Waals surface area contributed by atoms with Crippen molar-refractivity contribution in [3.63, 3.8) is 0 Å². The molecule has 0 saturated heterocycles. The molecule has 3 N–H and O–H groups in total. The fourth-order valence-electron chi connectivity index (χ4n) is 3.52. The first kappa shape index (κ1) is 29.8. The van der Waals surface area contributed by atoms with Gasteiger partial charge in [0.2, 0.25) is 5.43 Å². The summed E-state index contributed by atoms with van der Waals surface area (Å²) in [6.45, 7) is 12.5. The smallest absolute Gasteiger partial charge is 0.274 e. The third-order valence-corrected chi connectivity index (χ3v) is 6.09. The summed E-state index contributed by atoms with van der Waals surface area (Å²) in [5.41, 5.74) is 3.17. The molecule has 40 heavy (non-hydrogen) atoms. The highest BCUT2D eigenvalue weighted by molar-refractivity contribution is 5.99. The van der Waals surface area contributed by atoms with E-state index in [0.29, 0.717) is 11.6 Å². The van der Waals surface area contributed by atoms with Crippen molar-refractivity contribution < 1.29 is 23.1 Å². The number of rotatable bonds is 12. The first-order valence-electron chi connectivity index (χ1n) is 12.6. The number of pyridine rings is 1. The average molecular weight is 551 g/mol. The van der Waals surface area contributed by atoms with Gasteiger partial charge < -0.3 is 20.8 Å². The second kappa shape index (κ2) is 13.4. The molecule has 0 saturated carbocycles. The Balaban J connectivity index is 2.10. The summed E-state index contributed by atoms with van der Waals surface area (Å²) >= 11 is 0. The summed E-state index contributed by atoms with van der Waals surface area (Å²) in [5.74, 6) is -3.45. The summed E-state index contributed by atoms with van der Waals surface area (Å²) in [7, 11) is 0. The van der Waals surface area contributed by atoms with Crippen molar-refractivity contribution in [1.29, 1.82) is 0 Å². The van der Waals surface area contributed by atoms with E-state index in [1.807, 2.05) is 6.07 Å². The van der Waals surface area contributed by atoms with E-state index in [4.69, 9.17) is 4.74 Å². The van der Waals surface area contributed by atoms with Gasteiger partial charge in [-0.05, 0) is 32.4 Å². The molecule has 2 atom stereocenters. The molecule has 0 aliphatic heterocycles. The van der Waals surface area contributed by atoms with Gasteiger partial charge in [0.1, 0.15) is 23.8 Å². The second-order valence-corrected chi connectivity index (χ2v) is 9.31. The Morgan fingerprint density at radius 2 is 1.80 bits per heavy atom. The van der Waals surface area contributed by atoms with E-state index in [2.05, 4.69) is 29.2 Å². The third kappa shape index (κ3) is 7.43. The van der Waals surface area contributed by atoms with E-state index >= 15 is 0 Å². The lowest BCUT2D eigenvalue weighted by atomic mass is 10.1. The van der Waals surface area contributed by atoms with Gasteiger partial charge in [0.25, 0.3) is 11.8 Å². The van der Waals surface area contributed by atoms with Gasteiger partial charge in [-0.15, -0.1) is 6.58 Å². The summed E-state index contributed by atoms with van der Waals surface area (Å²) in [5, 5.41) is 5.21. The second-order valence-electron chi connectivity index (χ2n) is 9.31. The van der Waals surface area contributed by atoms with Crippen molar-refractivity contribution >= 4 is 11.8 Å². The Hall–Kier alpha value is -4.73.